The van der Waals surface area contributed by atoms with Crippen LogP contribution in [0.4, 0.5) is 5.69 Å². The average Bonchev–Trinajstić information content (AvgIpc) is 3.39. The molecule has 0 spiro atoms. The summed E-state index contributed by atoms with van der Waals surface area (Å²) >= 11 is 1.46. The van der Waals surface area contributed by atoms with Gasteiger partial charge in [0, 0.05) is 17.5 Å². The van der Waals surface area contributed by atoms with Crippen molar-refractivity contribution in [2.75, 3.05) is 33.7 Å². The molecule has 0 bridgehead atoms. The van der Waals surface area contributed by atoms with Gasteiger partial charge in [-0.2, -0.15) is 0 Å². The van der Waals surface area contributed by atoms with Gasteiger partial charge in [-0.1, -0.05) is 18.2 Å². The fourth-order valence-corrected chi connectivity index (χ4v) is 5.14. The van der Waals surface area contributed by atoms with Crippen molar-refractivity contribution in [3.05, 3.63) is 75.5 Å². The zero-order valence-corrected chi connectivity index (χ0v) is 20.0. The van der Waals surface area contributed by atoms with E-state index >= 15 is 0 Å². The van der Waals surface area contributed by atoms with E-state index in [1.54, 1.807) is 48.3 Å². The number of fused-ring (bicyclic) bond motifs is 1. The maximum absolute atomic E-state index is 13.8. The molecule has 2 heterocycles. The number of likely N-dealkylation sites (N-methyl/N-ethyl adjacent to an activating group) is 1. The number of thiophene rings is 1. The molecule has 3 aromatic rings. The van der Waals surface area contributed by atoms with Gasteiger partial charge in [0.15, 0.2) is 11.5 Å². The molecule has 1 aromatic heterocycles. The number of para-hydroxylation sites is 1. The summed E-state index contributed by atoms with van der Waals surface area (Å²) in [5.74, 6) is -1.13. The van der Waals surface area contributed by atoms with Crippen LogP contribution in [0.2, 0.25) is 0 Å². The van der Waals surface area contributed by atoms with Gasteiger partial charge in [-0.25, -0.2) is 4.79 Å². The van der Waals surface area contributed by atoms with E-state index in [2.05, 4.69) is 5.32 Å². The van der Waals surface area contributed by atoms with Crippen molar-refractivity contribution in [2.45, 2.75) is 12.0 Å². The maximum atomic E-state index is 13.8. The molecule has 9 heteroatoms. The van der Waals surface area contributed by atoms with E-state index in [0.717, 1.165) is 4.88 Å². The van der Waals surface area contributed by atoms with Crippen LogP contribution in [-0.2, 0) is 9.53 Å². The maximum Gasteiger partial charge on any atom is 0.339 e. The van der Waals surface area contributed by atoms with Crippen molar-refractivity contribution < 1.29 is 28.6 Å². The first-order chi connectivity index (χ1) is 16.4. The van der Waals surface area contributed by atoms with E-state index in [4.69, 9.17) is 14.2 Å². The Labute approximate surface area is 201 Å². The Kier molecular flexibility index (Phi) is 6.56. The predicted octanol–water partition coefficient (Wildman–Crippen LogP) is 4.10. The normalized spacial score (nSPS) is 17.1. The van der Waals surface area contributed by atoms with Gasteiger partial charge in [0.2, 0.25) is 5.91 Å². The van der Waals surface area contributed by atoms with Gasteiger partial charge in [0.05, 0.1) is 44.5 Å². The molecule has 1 aliphatic heterocycles. The van der Waals surface area contributed by atoms with Crippen LogP contribution < -0.4 is 14.8 Å². The van der Waals surface area contributed by atoms with Crippen LogP contribution in [0.5, 0.6) is 11.5 Å². The van der Waals surface area contributed by atoms with Gasteiger partial charge in [0.25, 0.3) is 5.91 Å². The standard InChI is InChI=1S/C25H24N2O6S/c1-27-22(20-10-7-11-34-20)21(15-12-18(31-2)19(32-3)13-16(15)24(27)29)23(28)26-17-9-6-5-8-14(17)25(30)33-4/h5-13,21-22H,1-4H3,(H,26,28). The lowest BCUT2D eigenvalue weighted by atomic mass is 9.81. The molecule has 8 nitrogen and oxygen atoms in total. The monoisotopic (exact) mass is 480 g/mol. The number of amides is 2. The number of hydrogen-bond donors (Lipinski definition) is 1. The van der Waals surface area contributed by atoms with E-state index in [1.165, 1.54) is 32.7 Å². The van der Waals surface area contributed by atoms with E-state index in [-0.39, 0.29) is 17.4 Å². The lowest BCUT2D eigenvalue weighted by Crippen LogP contribution is -2.43. The molecule has 176 valence electrons. The van der Waals surface area contributed by atoms with E-state index in [9.17, 15) is 14.4 Å². The number of benzene rings is 2. The molecule has 0 fully saturated rings. The molecular weight excluding hydrogens is 456 g/mol. The van der Waals surface area contributed by atoms with Crippen LogP contribution >= 0.6 is 11.3 Å². The minimum atomic E-state index is -0.776. The van der Waals surface area contributed by atoms with Crippen molar-refractivity contribution in [3.8, 4) is 11.5 Å². The number of carbonyl (C=O) groups excluding carboxylic acids is 3. The molecule has 2 aromatic carbocycles. The summed E-state index contributed by atoms with van der Waals surface area (Å²) in [4.78, 5) is 41.8. The Morgan fingerprint density at radius 2 is 1.71 bits per heavy atom. The number of esters is 1. The number of anilines is 1. The Bertz CT molecular complexity index is 1240. The summed E-state index contributed by atoms with van der Waals surface area (Å²) in [6, 6.07) is 13.1. The van der Waals surface area contributed by atoms with Crippen molar-refractivity contribution in [1.29, 1.82) is 0 Å². The van der Waals surface area contributed by atoms with Crippen LogP contribution in [0.1, 0.15) is 43.1 Å². The number of methoxy groups -OCH3 is 3. The molecule has 0 radical (unpaired) electrons. The summed E-state index contributed by atoms with van der Waals surface area (Å²) in [6.45, 7) is 0. The summed E-state index contributed by atoms with van der Waals surface area (Å²) in [5.41, 5.74) is 1.44. The van der Waals surface area contributed by atoms with Gasteiger partial charge in [-0.3, -0.25) is 9.59 Å². The lowest BCUT2D eigenvalue weighted by molar-refractivity contribution is -0.119. The molecule has 2 atom stereocenters. The van der Waals surface area contributed by atoms with E-state index in [0.29, 0.717) is 28.3 Å². The highest BCUT2D eigenvalue weighted by Gasteiger charge is 2.44. The van der Waals surface area contributed by atoms with Crippen LogP contribution in [-0.4, -0.2) is 51.1 Å². The summed E-state index contributed by atoms with van der Waals surface area (Å²) in [7, 11) is 5.95. The molecule has 4 rings (SSSR count). The van der Waals surface area contributed by atoms with Gasteiger partial charge in [-0.15, -0.1) is 11.3 Å². The quantitative estimate of drug-likeness (QED) is 0.534. The second-order valence-corrected chi connectivity index (χ2v) is 8.65. The van der Waals surface area contributed by atoms with Crippen LogP contribution in [0.3, 0.4) is 0 Å². The number of nitrogens with one attached hydrogen (secondary N) is 1. The van der Waals surface area contributed by atoms with Gasteiger partial charge in [-0.05, 0) is 41.3 Å². The number of nitrogens with zero attached hydrogens (tertiary/aromatic N) is 1. The Morgan fingerprint density at radius 1 is 1.00 bits per heavy atom. The second kappa shape index (κ2) is 9.56. The molecule has 1 N–H and O–H groups in total. The highest BCUT2D eigenvalue weighted by Crippen LogP contribution is 2.47. The number of rotatable bonds is 6. The fraction of sp³-hybridized carbons (Fsp3) is 0.240. The zero-order chi connectivity index (χ0) is 24.4. The number of carbonyl (C=O) groups is 3. The first kappa shape index (κ1) is 23.3. The highest BCUT2D eigenvalue weighted by molar-refractivity contribution is 7.10. The number of hydrogen-bond acceptors (Lipinski definition) is 7. The van der Waals surface area contributed by atoms with Crippen molar-refractivity contribution in [1.82, 2.24) is 4.90 Å². The first-order valence-electron chi connectivity index (χ1n) is 10.5. The third-order valence-corrected chi connectivity index (χ3v) is 6.82. The second-order valence-electron chi connectivity index (χ2n) is 7.67. The molecule has 1 aliphatic rings. The topological polar surface area (TPSA) is 94.2 Å². The molecule has 0 saturated carbocycles. The molecule has 0 saturated heterocycles. The highest BCUT2D eigenvalue weighted by atomic mass is 32.1. The van der Waals surface area contributed by atoms with Crippen LogP contribution in [0, 0.1) is 0 Å². The SMILES string of the molecule is COC(=O)c1ccccc1NC(=O)C1c2cc(OC)c(OC)cc2C(=O)N(C)C1c1cccs1. The molecule has 0 aliphatic carbocycles. The minimum Gasteiger partial charge on any atom is -0.493 e. The van der Waals surface area contributed by atoms with Gasteiger partial charge < -0.3 is 24.4 Å². The number of ether oxygens (including phenoxy) is 3. The Hall–Kier alpha value is -3.85. The van der Waals surface area contributed by atoms with Crippen LogP contribution in [0.15, 0.2) is 53.9 Å². The summed E-state index contributed by atoms with van der Waals surface area (Å²) < 4.78 is 15.7. The first-order valence-corrected chi connectivity index (χ1v) is 11.3. The van der Waals surface area contributed by atoms with Gasteiger partial charge in [0.1, 0.15) is 0 Å². The van der Waals surface area contributed by atoms with Gasteiger partial charge >= 0.3 is 5.97 Å². The molecule has 34 heavy (non-hydrogen) atoms. The Morgan fingerprint density at radius 3 is 2.35 bits per heavy atom. The van der Waals surface area contributed by atoms with Crippen molar-refractivity contribution >= 4 is 34.8 Å². The zero-order valence-electron chi connectivity index (χ0n) is 19.2. The molecule has 2 unspecified atom stereocenters. The van der Waals surface area contributed by atoms with Crippen molar-refractivity contribution in [3.63, 3.8) is 0 Å². The van der Waals surface area contributed by atoms with Crippen molar-refractivity contribution in [2.24, 2.45) is 0 Å². The van der Waals surface area contributed by atoms with E-state index in [1.807, 2.05) is 17.5 Å². The third kappa shape index (κ3) is 3.99. The smallest absolute Gasteiger partial charge is 0.339 e. The fourth-order valence-electron chi connectivity index (χ4n) is 4.24. The largest absolute Gasteiger partial charge is 0.493 e. The summed E-state index contributed by atoms with van der Waals surface area (Å²) in [5, 5.41) is 4.79. The average molecular weight is 481 g/mol. The third-order valence-electron chi connectivity index (χ3n) is 5.88. The predicted molar refractivity (Wildman–Crippen MR) is 128 cm³/mol. The molecule has 2 amide bonds. The lowest BCUT2D eigenvalue weighted by Gasteiger charge is -2.39. The van der Waals surface area contributed by atoms with E-state index < -0.39 is 17.9 Å². The molecular formula is C25H24N2O6S. The summed E-state index contributed by atoms with van der Waals surface area (Å²) in [6.07, 6.45) is 0. The van der Waals surface area contributed by atoms with Crippen LogP contribution in [0.25, 0.3) is 0 Å². The minimum absolute atomic E-state index is 0.228. The Balaban J connectivity index is 1.86.